The van der Waals surface area contributed by atoms with E-state index in [1.807, 2.05) is 0 Å². The van der Waals surface area contributed by atoms with Gasteiger partial charge in [-0.15, -0.1) is 0 Å². The van der Waals surface area contributed by atoms with Crippen LogP contribution in [0, 0.1) is 11.6 Å². The molecular weight excluding hydrogens is 404 g/mol. The number of benzene rings is 2. The van der Waals surface area contributed by atoms with Gasteiger partial charge in [0, 0.05) is 35.1 Å². The van der Waals surface area contributed by atoms with Gasteiger partial charge in [-0.3, -0.25) is 14.2 Å². The molecule has 0 spiro atoms. The monoisotopic (exact) mass is 419 g/mol. The number of nitrogens with one attached hydrogen (secondary N) is 2. The van der Waals surface area contributed by atoms with Crippen molar-refractivity contribution in [2.45, 2.75) is 0 Å². The van der Waals surface area contributed by atoms with Crippen LogP contribution in [0.2, 0.25) is 0 Å². The number of anilines is 3. The minimum atomic E-state index is -1.01. The third-order valence-electron chi connectivity index (χ3n) is 4.37. The van der Waals surface area contributed by atoms with Crippen LogP contribution in [0.25, 0.3) is 16.7 Å². The average Bonchev–Trinajstić information content (AvgIpc) is 2.76. The minimum absolute atomic E-state index is 0.0916. The standard InChI is InChI=1S/C22H15F2N5O2/c1-2-19(30)26-14-4-3-5-16(10-14)29-20(31)9-6-13-12-25-22(28-21(13)29)27-15-7-8-17(23)18(24)11-15/h2-12H,1H2,(H,26,30)(H,25,27,28). The number of carbonyl (C=O) groups is 1. The lowest BCUT2D eigenvalue weighted by Crippen LogP contribution is -2.19. The molecule has 7 nitrogen and oxygen atoms in total. The van der Waals surface area contributed by atoms with Crippen molar-refractivity contribution in [1.29, 1.82) is 0 Å². The molecule has 4 rings (SSSR count). The first-order chi connectivity index (χ1) is 14.9. The van der Waals surface area contributed by atoms with E-state index >= 15 is 0 Å². The highest BCUT2D eigenvalue weighted by Crippen LogP contribution is 2.21. The van der Waals surface area contributed by atoms with E-state index < -0.39 is 11.6 Å². The highest BCUT2D eigenvalue weighted by molar-refractivity contribution is 5.99. The second kappa shape index (κ2) is 8.15. The summed E-state index contributed by atoms with van der Waals surface area (Å²) in [5, 5.41) is 6.01. The van der Waals surface area contributed by atoms with Gasteiger partial charge in [-0.05, 0) is 42.5 Å². The zero-order valence-corrected chi connectivity index (χ0v) is 16.0. The molecule has 31 heavy (non-hydrogen) atoms. The van der Waals surface area contributed by atoms with E-state index in [9.17, 15) is 18.4 Å². The predicted octanol–water partition coefficient (Wildman–Crippen LogP) is 3.93. The highest BCUT2D eigenvalue weighted by atomic mass is 19.2. The van der Waals surface area contributed by atoms with Crippen molar-refractivity contribution in [3.8, 4) is 5.69 Å². The summed E-state index contributed by atoms with van der Waals surface area (Å²) >= 11 is 0. The van der Waals surface area contributed by atoms with Crippen molar-refractivity contribution >= 4 is 34.3 Å². The summed E-state index contributed by atoms with van der Waals surface area (Å²) in [5.41, 5.74) is 1.13. The van der Waals surface area contributed by atoms with Gasteiger partial charge >= 0.3 is 0 Å². The van der Waals surface area contributed by atoms with Gasteiger partial charge in [-0.25, -0.2) is 13.8 Å². The Morgan fingerprint density at radius 1 is 1.03 bits per heavy atom. The van der Waals surface area contributed by atoms with E-state index in [-0.39, 0.29) is 23.1 Å². The molecule has 9 heteroatoms. The smallest absolute Gasteiger partial charge is 0.256 e. The minimum Gasteiger partial charge on any atom is -0.324 e. The topological polar surface area (TPSA) is 88.9 Å². The van der Waals surface area contributed by atoms with Gasteiger partial charge < -0.3 is 10.6 Å². The van der Waals surface area contributed by atoms with Gasteiger partial charge in [0.25, 0.3) is 5.56 Å². The lowest BCUT2D eigenvalue weighted by atomic mass is 10.2. The first kappa shape index (κ1) is 19.9. The van der Waals surface area contributed by atoms with Gasteiger partial charge in [0.2, 0.25) is 11.9 Å². The Kier molecular flexibility index (Phi) is 5.23. The Balaban J connectivity index is 1.79. The number of carbonyl (C=O) groups excluding carboxylic acids is 1. The van der Waals surface area contributed by atoms with E-state index in [2.05, 4.69) is 27.2 Å². The van der Waals surface area contributed by atoms with Gasteiger partial charge in [0.1, 0.15) is 0 Å². The van der Waals surface area contributed by atoms with Crippen molar-refractivity contribution in [3.63, 3.8) is 0 Å². The number of rotatable bonds is 5. The van der Waals surface area contributed by atoms with Crippen molar-refractivity contribution in [2.75, 3.05) is 10.6 Å². The van der Waals surface area contributed by atoms with E-state index in [1.54, 1.807) is 30.3 Å². The molecule has 0 saturated carbocycles. The largest absolute Gasteiger partial charge is 0.324 e. The van der Waals surface area contributed by atoms with Gasteiger partial charge in [-0.1, -0.05) is 12.6 Å². The fourth-order valence-electron chi connectivity index (χ4n) is 2.95. The molecule has 0 fully saturated rings. The molecular formula is C22H15F2N5O2. The maximum absolute atomic E-state index is 13.5. The Morgan fingerprint density at radius 2 is 1.87 bits per heavy atom. The lowest BCUT2D eigenvalue weighted by Gasteiger charge is -2.12. The number of halogens is 2. The summed E-state index contributed by atoms with van der Waals surface area (Å²) in [6, 6.07) is 12.9. The number of fused-ring (bicyclic) bond motifs is 1. The lowest BCUT2D eigenvalue weighted by molar-refractivity contribution is -0.111. The van der Waals surface area contributed by atoms with Crippen molar-refractivity contribution in [3.05, 3.63) is 95.4 Å². The van der Waals surface area contributed by atoms with Crippen LogP contribution in [-0.2, 0) is 4.79 Å². The molecule has 0 atom stereocenters. The van der Waals surface area contributed by atoms with Crippen LogP contribution in [0.3, 0.4) is 0 Å². The highest BCUT2D eigenvalue weighted by Gasteiger charge is 2.11. The van der Waals surface area contributed by atoms with Crippen LogP contribution in [0.5, 0.6) is 0 Å². The molecule has 2 aromatic carbocycles. The molecule has 0 aliphatic heterocycles. The third-order valence-corrected chi connectivity index (χ3v) is 4.37. The number of amides is 1. The Labute approximate surface area is 174 Å². The van der Waals surface area contributed by atoms with Crippen molar-refractivity contribution in [1.82, 2.24) is 14.5 Å². The van der Waals surface area contributed by atoms with Crippen LogP contribution in [0.15, 0.2) is 78.2 Å². The van der Waals surface area contributed by atoms with E-state index in [4.69, 9.17) is 0 Å². The fourth-order valence-corrected chi connectivity index (χ4v) is 2.95. The Hall–Kier alpha value is -4.40. The van der Waals surface area contributed by atoms with Gasteiger partial charge in [0.05, 0.1) is 5.69 Å². The molecule has 2 aromatic heterocycles. The number of hydrogen-bond acceptors (Lipinski definition) is 5. The Morgan fingerprint density at radius 3 is 2.65 bits per heavy atom. The summed E-state index contributed by atoms with van der Waals surface area (Å²) < 4.78 is 28.0. The van der Waals surface area contributed by atoms with Gasteiger partial charge in [-0.2, -0.15) is 4.98 Å². The zero-order valence-electron chi connectivity index (χ0n) is 16.0. The van der Waals surface area contributed by atoms with Crippen LogP contribution < -0.4 is 16.2 Å². The number of nitrogens with zero attached hydrogens (tertiary/aromatic N) is 3. The first-order valence-electron chi connectivity index (χ1n) is 9.09. The van der Waals surface area contributed by atoms with E-state index in [1.165, 1.54) is 22.9 Å². The van der Waals surface area contributed by atoms with E-state index in [0.29, 0.717) is 22.4 Å². The SMILES string of the molecule is C=CC(=O)Nc1cccc(-n2c(=O)ccc3cnc(Nc4ccc(F)c(F)c4)nc32)c1. The molecule has 4 aromatic rings. The zero-order chi connectivity index (χ0) is 22.0. The molecule has 0 saturated heterocycles. The summed E-state index contributed by atoms with van der Waals surface area (Å²) in [6.07, 6.45) is 2.64. The average molecular weight is 419 g/mol. The molecule has 1 amide bonds. The number of hydrogen-bond donors (Lipinski definition) is 2. The molecule has 2 heterocycles. The summed E-state index contributed by atoms with van der Waals surface area (Å²) in [5.74, 6) is -2.28. The second-order valence-electron chi connectivity index (χ2n) is 6.48. The van der Waals surface area contributed by atoms with Crippen LogP contribution in [0.4, 0.5) is 26.1 Å². The maximum atomic E-state index is 13.5. The molecule has 0 aliphatic carbocycles. The molecule has 0 radical (unpaired) electrons. The predicted molar refractivity (Wildman–Crippen MR) is 114 cm³/mol. The number of aromatic nitrogens is 3. The van der Waals surface area contributed by atoms with Crippen molar-refractivity contribution < 1.29 is 13.6 Å². The molecule has 0 aliphatic rings. The summed E-state index contributed by atoms with van der Waals surface area (Å²) in [4.78, 5) is 32.8. The summed E-state index contributed by atoms with van der Waals surface area (Å²) in [6.45, 7) is 3.41. The first-order valence-corrected chi connectivity index (χ1v) is 9.09. The quantitative estimate of drug-likeness (QED) is 0.479. The molecule has 0 unspecified atom stereocenters. The van der Waals surface area contributed by atoms with E-state index in [0.717, 1.165) is 18.2 Å². The second-order valence-corrected chi connectivity index (χ2v) is 6.48. The normalized spacial score (nSPS) is 10.6. The third kappa shape index (κ3) is 4.15. The fraction of sp³-hybridized carbons (Fsp3) is 0. The molecule has 0 bridgehead atoms. The molecule has 154 valence electrons. The Bertz CT molecular complexity index is 1380. The van der Waals surface area contributed by atoms with Gasteiger partial charge in [0.15, 0.2) is 17.3 Å². The van der Waals surface area contributed by atoms with Crippen LogP contribution in [-0.4, -0.2) is 20.4 Å². The van der Waals surface area contributed by atoms with Crippen molar-refractivity contribution in [2.24, 2.45) is 0 Å². The van der Waals surface area contributed by atoms with Crippen LogP contribution in [0.1, 0.15) is 0 Å². The molecule has 2 N–H and O–H groups in total. The summed E-state index contributed by atoms with van der Waals surface area (Å²) in [7, 11) is 0. The van der Waals surface area contributed by atoms with Crippen LogP contribution >= 0.6 is 0 Å². The number of pyridine rings is 1. The maximum Gasteiger partial charge on any atom is 0.256 e.